The second-order valence-electron chi connectivity index (χ2n) is 7.35. The Bertz CT molecular complexity index is 1060. The second kappa shape index (κ2) is 9.51. The normalized spacial score (nSPS) is 15.5. The van der Waals surface area contributed by atoms with E-state index in [1.807, 2.05) is 49.3 Å². The van der Waals surface area contributed by atoms with Gasteiger partial charge in [0, 0.05) is 45.3 Å². The zero-order chi connectivity index (χ0) is 21.8. The van der Waals surface area contributed by atoms with Crippen LogP contribution in [-0.2, 0) is 11.2 Å². The van der Waals surface area contributed by atoms with Crippen molar-refractivity contribution in [3.8, 4) is 0 Å². The molecule has 0 fully saturated rings. The third-order valence-corrected chi connectivity index (χ3v) is 5.55. The van der Waals surface area contributed by atoms with Gasteiger partial charge in [0.25, 0.3) is 12.4 Å². The summed E-state index contributed by atoms with van der Waals surface area (Å²) in [7, 11) is 4.05. The predicted octanol–water partition coefficient (Wildman–Crippen LogP) is 4.48. The monoisotopic (exact) mass is 447 g/mol. The van der Waals surface area contributed by atoms with E-state index in [0.29, 0.717) is 17.1 Å². The average molecular weight is 448 g/mol. The number of benzene rings is 2. The van der Waals surface area contributed by atoms with Gasteiger partial charge in [-0.05, 0) is 62.5 Å². The highest BCUT2D eigenvalue weighted by Gasteiger charge is 2.34. The smallest absolute Gasteiger partial charge is 0.290 e. The predicted molar refractivity (Wildman–Crippen MR) is 119 cm³/mol. The van der Waals surface area contributed by atoms with Crippen molar-refractivity contribution < 1.29 is 14.7 Å². The van der Waals surface area contributed by atoms with Crippen molar-refractivity contribution in [2.75, 3.05) is 27.2 Å². The van der Waals surface area contributed by atoms with E-state index in [4.69, 9.17) is 33.1 Å². The third kappa shape index (κ3) is 4.61. The number of likely N-dealkylation sites (N-methyl/N-ethyl adjacent to an activating group) is 1. The molecule has 30 heavy (non-hydrogen) atoms. The standard InChI is InChI=1S/C21H21Cl2N3O.CH2O2/c1-25(2)12-19-20-16(17-11-15(23)6-7-18(17)24-20)8-9-26(19)21(27)13-4-3-5-14(22)10-13;2-1-3/h3-7,10-11,19,24H,8-9,12H2,1-2H3;1H,(H,2,3). The van der Waals surface area contributed by atoms with E-state index in [0.717, 1.165) is 34.6 Å². The Morgan fingerprint density at radius 3 is 2.60 bits per heavy atom. The maximum atomic E-state index is 13.2. The molecule has 3 aromatic rings. The number of amides is 1. The van der Waals surface area contributed by atoms with Crippen LogP contribution in [0, 0.1) is 0 Å². The van der Waals surface area contributed by atoms with Gasteiger partial charge in [0.2, 0.25) is 0 Å². The molecule has 0 saturated heterocycles. The van der Waals surface area contributed by atoms with Crippen LogP contribution in [0.15, 0.2) is 42.5 Å². The minimum atomic E-state index is -0.250. The molecular formula is C22H23Cl2N3O3. The van der Waals surface area contributed by atoms with E-state index < -0.39 is 0 Å². The molecule has 0 radical (unpaired) electrons. The zero-order valence-corrected chi connectivity index (χ0v) is 18.2. The lowest BCUT2D eigenvalue weighted by molar-refractivity contribution is -0.122. The molecule has 158 valence electrons. The van der Waals surface area contributed by atoms with Gasteiger partial charge in [0.05, 0.1) is 6.04 Å². The summed E-state index contributed by atoms with van der Waals surface area (Å²) in [5, 5.41) is 9.34. The number of aromatic nitrogens is 1. The van der Waals surface area contributed by atoms with Gasteiger partial charge in [-0.25, -0.2) is 0 Å². The minimum Gasteiger partial charge on any atom is -0.483 e. The lowest BCUT2D eigenvalue weighted by atomic mass is 9.96. The largest absolute Gasteiger partial charge is 0.483 e. The average Bonchev–Trinajstić information content (AvgIpc) is 3.06. The fourth-order valence-electron chi connectivity index (χ4n) is 3.90. The fourth-order valence-corrected chi connectivity index (χ4v) is 4.27. The van der Waals surface area contributed by atoms with Crippen LogP contribution in [0.5, 0.6) is 0 Å². The van der Waals surface area contributed by atoms with Crippen molar-refractivity contribution in [3.63, 3.8) is 0 Å². The first kappa shape index (κ1) is 22.2. The molecule has 1 aliphatic rings. The zero-order valence-electron chi connectivity index (χ0n) is 16.7. The summed E-state index contributed by atoms with van der Waals surface area (Å²) in [6.07, 6.45) is 0.798. The van der Waals surface area contributed by atoms with E-state index in [1.165, 1.54) is 5.56 Å². The number of carboxylic acid groups (broad SMARTS) is 1. The Labute approximate surface area is 185 Å². The molecule has 0 bridgehead atoms. The number of halogens is 2. The summed E-state index contributed by atoms with van der Waals surface area (Å²) in [6.45, 7) is 1.15. The van der Waals surface area contributed by atoms with Gasteiger partial charge in [-0.2, -0.15) is 0 Å². The van der Waals surface area contributed by atoms with Gasteiger partial charge in [-0.3, -0.25) is 9.59 Å². The maximum Gasteiger partial charge on any atom is 0.290 e. The van der Waals surface area contributed by atoms with Gasteiger partial charge >= 0.3 is 0 Å². The fraction of sp³-hybridized carbons (Fsp3) is 0.273. The van der Waals surface area contributed by atoms with Crippen molar-refractivity contribution in [2.24, 2.45) is 0 Å². The van der Waals surface area contributed by atoms with Crippen LogP contribution < -0.4 is 0 Å². The molecule has 1 unspecified atom stereocenters. The summed E-state index contributed by atoms with van der Waals surface area (Å²) in [5.41, 5.74) is 4.04. The first-order valence-electron chi connectivity index (χ1n) is 9.44. The number of rotatable bonds is 3. The van der Waals surface area contributed by atoms with Crippen LogP contribution in [-0.4, -0.2) is 59.5 Å². The van der Waals surface area contributed by atoms with E-state index in [2.05, 4.69) is 9.88 Å². The molecule has 1 atom stereocenters. The molecule has 6 nitrogen and oxygen atoms in total. The van der Waals surface area contributed by atoms with Crippen LogP contribution >= 0.6 is 23.2 Å². The van der Waals surface area contributed by atoms with Crippen molar-refractivity contribution in [1.29, 1.82) is 0 Å². The number of hydrogen-bond acceptors (Lipinski definition) is 3. The van der Waals surface area contributed by atoms with E-state index >= 15 is 0 Å². The Morgan fingerprint density at radius 2 is 1.93 bits per heavy atom. The number of nitrogens with one attached hydrogen (secondary N) is 1. The quantitative estimate of drug-likeness (QED) is 0.580. The van der Waals surface area contributed by atoms with Crippen molar-refractivity contribution >= 4 is 46.5 Å². The molecule has 1 aliphatic heterocycles. The number of H-pyrrole nitrogens is 1. The molecule has 1 amide bonds. The second-order valence-corrected chi connectivity index (χ2v) is 8.22. The highest BCUT2D eigenvalue weighted by molar-refractivity contribution is 6.31. The molecular weight excluding hydrogens is 425 g/mol. The molecule has 1 aromatic heterocycles. The first-order valence-corrected chi connectivity index (χ1v) is 10.2. The minimum absolute atomic E-state index is 0.00619. The van der Waals surface area contributed by atoms with Crippen molar-refractivity contribution in [1.82, 2.24) is 14.8 Å². The van der Waals surface area contributed by atoms with Crippen LogP contribution in [0.3, 0.4) is 0 Å². The van der Waals surface area contributed by atoms with E-state index in [1.54, 1.807) is 12.1 Å². The lowest BCUT2D eigenvalue weighted by Crippen LogP contribution is -2.44. The Balaban J connectivity index is 0.000000806. The Hall–Kier alpha value is -2.54. The topological polar surface area (TPSA) is 76.6 Å². The number of carbonyl (C=O) groups is 2. The Kier molecular flexibility index (Phi) is 7.02. The summed E-state index contributed by atoms with van der Waals surface area (Å²) in [6, 6.07) is 13.0. The van der Waals surface area contributed by atoms with Gasteiger partial charge < -0.3 is 19.9 Å². The summed E-state index contributed by atoms with van der Waals surface area (Å²) in [4.78, 5) is 29.2. The molecule has 2 aromatic carbocycles. The van der Waals surface area contributed by atoms with Crippen LogP contribution in [0.1, 0.15) is 27.7 Å². The summed E-state index contributed by atoms with van der Waals surface area (Å²) >= 11 is 12.3. The van der Waals surface area contributed by atoms with E-state index in [9.17, 15) is 4.79 Å². The van der Waals surface area contributed by atoms with Gasteiger partial charge in [0.1, 0.15) is 0 Å². The number of nitrogens with zero attached hydrogens (tertiary/aromatic N) is 2. The highest BCUT2D eigenvalue weighted by Crippen LogP contribution is 2.36. The number of hydrogen-bond donors (Lipinski definition) is 2. The third-order valence-electron chi connectivity index (χ3n) is 5.08. The summed E-state index contributed by atoms with van der Waals surface area (Å²) in [5.74, 6) is 0.00619. The Morgan fingerprint density at radius 1 is 1.23 bits per heavy atom. The molecule has 4 rings (SSSR count). The van der Waals surface area contributed by atoms with Crippen LogP contribution in [0.4, 0.5) is 0 Å². The van der Waals surface area contributed by atoms with Crippen molar-refractivity contribution in [3.05, 3.63) is 69.3 Å². The summed E-state index contributed by atoms with van der Waals surface area (Å²) < 4.78 is 0. The molecule has 2 heterocycles. The lowest BCUT2D eigenvalue weighted by Gasteiger charge is -2.37. The van der Waals surface area contributed by atoms with E-state index in [-0.39, 0.29) is 18.4 Å². The highest BCUT2D eigenvalue weighted by atomic mass is 35.5. The molecule has 0 spiro atoms. The first-order chi connectivity index (χ1) is 14.3. The van der Waals surface area contributed by atoms with Crippen LogP contribution in [0.25, 0.3) is 10.9 Å². The van der Waals surface area contributed by atoms with Gasteiger partial charge in [0.15, 0.2) is 0 Å². The maximum absolute atomic E-state index is 13.2. The van der Waals surface area contributed by atoms with Gasteiger partial charge in [-0.15, -0.1) is 0 Å². The SMILES string of the molecule is CN(C)CC1c2[nH]c3ccc(Cl)cc3c2CCN1C(=O)c1cccc(Cl)c1.O=CO. The molecule has 8 heteroatoms. The molecule has 0 saturated carbocycles. The number of carbonyl (C=O) groups excluding carboxylic acids is 1. The number of fused-ring (bicyclic) bond motifs is 3. The number of aromatic amines is 1. The van der Waals surface area contributed by atoms with Crippen LogP contribution in [0.2, 0.25) is 10.0 Å². The van der Waals surface area contributed by atoms with Gasteiger partial charge in [-0.1, -0.05) is 29.3 Å². The molecule has 0 aliphatic carbocycles. The van der Waals surface area contributed by atoms with Crippen molar-refractivity contribution in [2.45, 2.75) is 12.5 Å². The molecule has 2 N–H and O–H groups in total.